The highest BCUT2D eigenvalue weighted by Gasteiger charge is 2.14. The van der Waals surface area contributed by atoms with Crippen LogP contribution in [0.3, 0.4) is 0 Å². The fraction of sp³-hybridized carbons (Fsp3) is 0.462. The van der Waals surface area contributed by atoms with E-state index >= 15 is 0 Å². The molecule has 0 radical (unpaired) electrons. The predicted molar refractivity (Wildman–Crippen MR) is 149 cm³/mol. The molecule has 4 N–H and O–H groups in total. The van der Waals surface area contributed by atoms with Crippen LogP contribution in [-0.4, -0.2) is 57.8 Å². The van der Waals surface area contributed by atoms with Crippen molar-refractivity contribution < 1.29 is 38.3 Å². The minimum Gasteiger partial charge on any atom is -0.324 e. The molecule has 2 amide bonds. The Morgan fingerprint density at radius 1 is 0.553 bits per heavy atom. The third-order valence-electron chi connectivity index (χ3n) is 6.22. The Hall–Kier alpha value is -2.32. The summed E-state index contributed by atoms with van der Waals surface area (Å²) in [6.07, 6.45) is 7.44. The molecular weight excluding hydrogens is 530 g/mol. The monoisotopic (exact) mass is 568 g/mol. The van der Waals surface area contributed by atoms with Gasteiger partial charge in [0.15, 0.2) is 0 Å². The van der Waals surface area contributed by atoms with Crippen LogP contribution >= 0.6 is 15.2 Å². The van der Waals surface area contributed by atoms with Gasteiger partial charge in [-0.3, -0.25) is 18.7 Å². The summed E-state index contributed by atoms with van der Waals surface area (Å²) in [6.45, 7) is 1.18. The molecule has 0 fully saturated rings. The molecule has 0 aromatic heterocycles. The van der Waals surface area contributed by atoms with Crippen LogP contribution in [0.4, 0.5) is 11.4 Å². The van der Waals surface area contributed by atoms with Crippen molar-refractivity contribution in [3.05, 3.63) is 59.7 Å². The minimum absolute atomic E-state index is 0.200. The summed E-state index contributed by atoms with van der Waals surface area (Å²) in [5.41, 5.74) is 3.13. The van der Waals surface area contributed by atoms with E-state index in [0.717, 1.165) is 73.8 Å². The van der Waals surface area contributed by atoms with Crippen molar-refractivity contribution in [2.24, 2.45) is 0 Å². The highest BCUT2D eigenvalue weighted by Crippen LogP contribution is 2.35. The van der Waals surface area contributed by atoms with Gasteiger partial charge in [-0.05, 0) is 61.1 Å². The molecule has 12 heteroatoms. The Kier molecular flexibility index (Phi) is 13.4. The third-order valence-corrected chi connectivity index (χ3v) is 7.83. The quantitative estimate of drug-likeness (QED) is 0.112. The summed E-state index contributed by atoms with van der Waals surface area (Å²) < 4.78 is 22.0. The first-order valence-corrected chi connectivity index (χ1v) is 16.3. The summed E-state index contributed by atoms with van der Waals surface area (Å²) in [5.74, 6) is 0. The van der Waals surface area contributed by atoms with Crippen molar-refractivity contribution >= 4 is 39.4 Å². The Balaban J connectivity index is 1.63. The van der Waals surface area contributed by atoms with E-state index in [1.54, 1.807) is 58.3 Å². The van der Waals surface area contributed by atoms with Gasteiger partial charge in [-0.25, -0.2) is 0 Å². The van der Waals surface area contributed by atoms with Crippen LogP contribution in [-0.2, 0) is 31.6 Å². The largest absolute Gasteiger partial charge is 0.325 e. The standard InChI is InChI=1S/C26H38N2O8P2/c29-21-27(25-11-7-23(8-12-25)15-19-37(31,32)33)17-5-3-1-2-4-6-18-28(22-30)26-13-9-24(10-14-26)16-20-38(34,35)36/h7-14,21-22H,1-6,15-20H2,(H2,31,32,33)(H2,34,35,36). The van der Waals surface area contributed by atoms with Crippen molar-refractivity contribution in [2.45, 2.75) is 51.4 Å². The summed E-state index contributed by atoms with van der Waals surface area (Å²) in [5, 5.41) is 0. The lowest BCUT2D eigenvalue weighted by molar-refractivity contribution is -0.108. The van der Waals surface area contributed by atoms with Gasteiger partial charge < -0.3 is 29.4 Å². The van der Waals surface area contributed by atoms with E-state index in [0.29, 0.717) is 13.1 Å². The Morgan fingerprint density at radius 2 is 0.868 bits per heavy atom. The SMILES string of the molecule is O=CN(CCCCCCCCN(C=O)c1ccc(CCP(=O)(O)O)cc1)c1ccc(CCP(=O)(O)O)cc1. The summed E-state index contributed by atoms with van der Waals surface area (Å²) in [7, 11) is -8.06. The Bertz CT molecular complexity index is 996. The van der Waals surface area contributed by atoms with Crippen LogP contribution < -0.4 is 9.80 Å². The average molecular weight is 569 g/mol. The highest BCUT2D eigenvalue weighted by molar-refractivity contribution is 7.52. The zero-order valence-electron chi connectivity index (χ0n) is 21.5. The van der Waals surface area contributed by atoms with E-state index in [9.17, 15) is 18.7 Å². The van der Waals surface area contributed by atoms with Crippen LogP contribution in [0.1, 0.15) is 49.7 Å². The van der Waals surface area contributed by atoms with E-state index in [1.165, 1.54) is 0 Å². The van der Waals surface area contributed by atoms with Gasteiger partial charge in [0.2, 0.25) is 12.8 Å². The number of benzene rings is 2. The number of hydrogen-bond acceptors (Lipinski definition) is 4. The first-order chi connectivity index (χ1) is 18.0. The second-order valence-electron chi connectivity index (χ2n) is 9.33. The van der Waals surface area contributed by atoms with E-state index in [4.69, 9.17) is 19.6 Å². The van der Waals surface area contributed by atoms with Crippen LogP contribution in [0.15, 0.2) is 48.5 Å². The molecule has 0 saturated heterocycles. The molecule has 0 aliphatic carbocycles. The molecule has 0 bridgehead atoms. The van der Waals surface area contributed by atoms with Gasteiger partial charge in [0.1, 0.15) is 0 Å². The second-order valence-corrected chi connectivity index (χ2v) is 12.9. The van der Waals surface area contributed by atoms with Gasteiger partial charge in [-0.15, -0.1) is 0 Å². The van der Waals surface area contributed by atoms with Crippen LogP contribution in [0, 0.1) is 0 Å². The molecule has 10 nitrogen and oxygen atoms in total. The van der Waals surface area contributed by atoms with Crippen LogP contribution in [0.25, 0.3) is 0 Å². The van der Waals surface area contributed by atoms with Gasteiger partial charge >= 0.3 is 15.2 Å². The van der Waals surface area contributed by atoms with Crippen molar-refractivity contribution in [2.75, 3.05) is 35.2 Å². The molecule has 0 atom stereocenters. The third kappa shape index (κ3) is 13.0. The van der Waals surface area contributed by atoms with E-state index in [2.05, 4.69) is 0 Å². The molecule has 2 aromatic rings. The number of amides is 2. The minimum atomic E-state index is -4.03. The second kappa shape index (κ2) is 15.9. The number of unbranched alkanes of at least 4 members (excludes halogenated alkanes) is 5. The van der Waals surface area contributed by atoms with Crippen molar-refractivity contribution in [3.8, 4) is 0 Å². The molecule has 0 aliphatic heterocycles. The molecule has 2 aromatic carbocycles. The summed E-state index contributed by atoms with van der Waals surface area (Å²) in [6, 6.07) is 14.3. The maximum absolute atomic E-state index is 11.5. The van der Waals surface area contributed by atoms with Gasteiger partial charge in [-0.1, -0.05) is 49.9 Å². The lowest BCUT2D eigenvalue weighted by Gasteiger charge is -2.18. The number of aryl methyl sites for hydroxylation is 2. The predicted octanol–water partition coefficient (Wildman–Crippen LogP) is 4.09. The molecule has 0 spiro atoms. The average Bonchev–Trinajstić information content (AvgIpc) is 2.87. The number of carbonyl (C=O) groups is 2. The molecular formula is C26H38N2O8P2. The topological polar surface area (TPSA) is 156 Å². The number of nitrogens with zero attached hydrogens (tertiary/aromatic N) is 2. The van der Waals surface area contributed by atoms with E-state index in [-0.39, 0.29) is 25.2 Å². The van der Waals surface area contributed by atoms with Gasteiger partial charge in [-0.2, -0.15) is 0 Å². The fourth-order valence-electron chi connectivity index (χ4n) is 4.01. The van der Waals surface area contributed by atoms with Crippen LogP contribution in [0.2, 0.25) is 0 Å². The normalized spacial score (nSPS) is 11.8. The lowest BCUT2D eigenvalue weighted by Crippen LogP contribution is -2.22. The van der Waals surface area contributed by atoms with Crippen molar-refractivity contribution in [1.82, 2.24) is 0 Å². The highest BCUT2D eigenvalue weighted by atomic mass is 31.2. The first kappa shape index (κ1) is 31.9. The number of hydrogen-bond donors (Lipinski definition) is 4. The molecule has 210 valence electrons. The molecule has 0 heterocycles. The van der Waals surface area contributed by atoms with Crippen molar-refractivity contribution in [3.63, 3.8) is 0 Å². The molecule has 2 rings (SSSR count). The number of anilines is 2. The maximum atomic E-state index is 11.5. The molecule has 0 saturated carbocycles. The zero-order valence-corrected chi connectivity index (χ0v) is 23.3. The molecule has 0 unspecified atom stereocenters. The Morgan fingerprint density at radius 3 is 1.16 bits per heavy atom. The molecule has 38 heavy (non-hydrogen) atoms. The smallest absolute Gasteiger partial charge is 0.324 e. The Labute approximate surface area is 224 Å². The maximum Gasteiger partial charge on any atom is 0.325 e. The zero-order chi connectivity index (χ0) is 28.0. The van der Waals surface area contributed by atoms with Crippen LogP contribution in [0.5, 0.6) is 0 Å². The number of carbonyl (C=O) groups excluding carboxylic acids is 2. The fourth-order valence-corrected chi connectivity index (χ4v) is 5.11. The number of rotatable bonds is 19. The summed E-state index contributed by atoms with van der Waals surface area (Å²) >= 11 is 0. The van der Waals surface area contributed by atoms with Gasteiger partial charge in [0.25, 0.3) is 0 Å². The first-order valence-electron chi connectivity index (χ1n) is 12.7. The van der Waals surface area contributed by atoms with E-state index in [1.807, 2.05) is 0 Å². The summed E-state index contributed by atoms with van der Waals surface area (Å²) in [4.78, 5) is 62.3. The van der Waals surface area contributed by atoms with Crippen molar-refractivity contribution in [1.29, 1.82) is 0 Å². The lowest BCUT2D eigenvalue weighted by atomic mass is 10.1. The molecule has 0 aliphatic rings. The van der Waals surface area contributed by atoms with Gasteiger partial charge in [0, 0.05) is 24.5 Å². The van der Waals surface area contributed by atoms with E-state index < -0.39 is 15.2 Å². The van der Waals surface area contributed by atoms with Gasteiger partial charge in [0.05, 0.1) is 12.3 Å².